The molecule has 2 aromatic rings. The molecule has 6 heteroatoms. The average Bonchev–Trinajstić information content (AvgIpc) is 2.97. The molecule has 1 aliphatic heterocycles. The maximum absolute atomic E-state index is 12.6. The first-order chi connectivity index (χ1) is 12.6. The van der Waals surface area contributed by atoms with Crippen LogP contribution in [-0.4, -0.2) is 51.3 Å². The second kappa shape index (κ2) is 8.65. The molecule has 1 fully saturated rings. The lowest BCUT2D eigenvalue weighted by atomic mass is 10.2. The minimum atomic E-state index is -0.0467. The number of rotatable bonds is 6. The van der Waals surface area contributed by atoms with E-state index in [2.05, 4.69) is 21.7 Å². The first-order valence-electron chi connectivity index (χ1n) is 9.19. The molecule has 0 bridgehead atoms. The average molecular weight is 354 g/mol. The zero-order valence-electron chi connectivity index (χ0n) is 15.3. The van der Waals surface area contributed by atoms with Crippen LogP contribution in [0.25, 0.3) is 0 Å². The molecule has 2 heterocycles. The fraction of sp³-hybridized carbons (Fsp3) is 0.450. The Balaban J connectivity index is 1.59. The van der Waals surface area contributed by atoms with E-state index in [1.807, 2.05) is 24.4 Å². The molecule has 0 spiro atoms. The number of imidazole rings is 1. The second-order valence-corrected chi connectivity index (χ2v) is 6.83. The number of carbonyl (C=O) groups is 2. The zero-order valence-corrected chi connectivity index (χ0v) is 15.3. The molecule has 138 valence electrons. The first-order valence-corrected chi connectivity index (χ1v) is 9.19. The van der Waals surface area contributed by atoms with Gasteiger partial charge in [0.05, 0.1) is 13.1 Å². The van der Waals surface area contributed by atoms with E-state index in [4.69, 9.17) is 0 Å². The second-order valence-electron chi connectivity index (χ2n) is 6.83. The quantitative estimate of drug-likeness (QED) is 0.800. The Labute approximate surface area is 154 Å². The zero-order chi connectivity index (χ0) is 18.4. The third-order valence-corrected chi connectivity index (χ3v) is 4.80. The molecular formula is C20H26N4O2. The molecule has 0 radical (unpaired) electrons. The number of benzene rings is 1. The lowest BCUT2D eigenvalue weighted by Crippen LogP contribution is -2.41. The molecule has 0 N–H and O–H groups in total. The predicted molar refractivity (Wildman–Crippen MR) is 99.3 cm³/mol. The molecule has 0 aliphatic carbocycles. The Kier molecular flexibility index (Phi) is 6.04. The number of hydrogen-bond donors (Lipinski definition) is 0. The van der Waals surface area contributed by atoms with Gasteiger partial charge in [-0.05, 0) is 18.4 Å². The molecule has 0 saturated carbocycles. The predicted octanol–water partition coefficient (Wildman–Crippen LogP) is 2.29. The summed E-state index contributed by atoms with van der Waals surface area (Å²) in [4.78, 5) is 32.4. The van der Waals surface area contributed by atoms with Gasteiger partial charge in [0.1, 0.15) is 5.82 Å². The van der Waals surface area contributed by atoms with Crippen molar-refractivity contribution >= 4 is 11.8 Å². The van der Waals surface area contributed by atoms with Crippen LogP contribution in [0.1, 0.15) is 37.1 Å². The number of carbonyl (C=O) groups excluding carboxylic acids is 2. The van der Waals surface area contributed by atoms with Gasteiger partial charge in [0.15, 0.2) is 0 Å². The summed E-state index contributed by atoms with van der Waals surface area (Å²) >= 11 is 0. The smallest absolute Gasteiger partial charge is 0.242 e. The van der Waals surface area contributed by atoms with Crippen LogP contribution < -0.4 is 0 Å². The van der Waals surface area contributed by atoms with Crippen LogP contribution in [0.4, 0.5) is 0 Å². The van der Waals surface area contributed by atoms with Gasteiger partial charge in [-0.2, -0.15) is 0 Å². The van der Waals surface area contributed by atoms with Gasteiger partial charge in [0.25, 0.3) is 0 Å². The van der Waals surface area contributed by atoms with Gasteiger partial charge < -0.3 is 14.4 Å². The van der Waals surface area contributed by atoms with E-state index in [-0.39, 0.29) is 18.4 Å². The van der Waals surface area contributed by atoms with Crippen LogP contribution in [0.5, 0.6) is 0 Å². The van der Waals surface area contributed by atoms with Gasteiger partial charge in [-0.15, -0.1) is 0 Å². The van der Waals surface area contributed by atoms with Gasteiger partial charge in [-0.3, -0.25) is 9.59 Å². The van der Waals surface area contributed by atoms with Crippen molar-refractivity contribution in [3.05, 3.63) is 54.1 Å². The van der Waals surface area contributed by atoms with E-state index in [0.29, 0.717) is 19.5 Å². The third-order valence-electron chi connectivity index (χ3n) is 4.80. The fourth-order valence-electron chi connectivity index (χ4n) is 3.21. The van der Waals surface area contributed by atoms with Crippen molar-refractivity contribution in [1.82, 2.24) is 19.4 Å². The van der Waals surface area contributed by atoms with Gasteiger partial charge in [-0.25, -0.2) is 4.98 Å². The molecule has 0 atom stereocenters. The van der Waals surface area contributed by atoms with E-state index < -0.39 is 0 Å². The van der Waals surface area contributed by atoms with E-state index in [1.165, 1.54) is 5.56 Å². The van der Waals surface area contributed by atoms with Crippen LogP contribution >= 0.6 is 0 Å². The number of amides is 2. The minimum Gasteiger partial charge on any atom is -0.337 e. The van der Waals surface area contributed by atoms with Crippen molar-refractivity contribution in [2.75, 3.05) is 20.1 Å². The highest BCUT2D eigenvalue weighted by Gasteiger charge is 2.21. The van der Waals surface area contributed by atoms with Crippen molar-refractivity contribution in [1.29, 1.82) is 0 Å². The largest absolute Gasteiger partial charge is 0.337 e. The van der Waals surface area contributed by atoms with Crippen LogP contribution in [0.2, 0.25) is 0 Å². The topological polar surface area (TPSA) is 58.4 Å². The molecule has 2 amide bonds. The number of likely N-dealkylation sites (tertiary alicyclic amines) is 1. The lowest BCUT2D eigenvalue weighted by Gasteiger charge is -2.24. The summed E-state index contributed by atoms with van der Waals surface area (Å²) in [5, 5.41) is 0. The summed E-state index contributed by atoms with van der Waals surface area (Å²) < 4.78 is 2.05. The van der Waals surface area contributed by atoms with Crippen molar-refractivity contribution in [3.8, 4) is 0 Å². The van der Waals surface area contributed by atoms with Crippen LogP contribution in [0, 0.1) is 0 Å². The molecule has 26 heavy (non-hydrogen) atoms. The highest BCUT2D eigenvalue weighted by atomic mass is 16.2. The van der Waals surface area contributed by atoms with Crippen molar-refractivity contribution in [2.45, 2.75) is 38.8 Å². The highest BCUT2D eigenvalue weighted by molar-refractivity contribution is 5.84. The molecule has 1 aliphatic rings. The van der Waals surface area contributed by atoms with Crippen molar-refractivity contribution < 1.29 is 9.59 Å². The Morgan fingerprint density at radius 2 is 2.00 bits per heavy atom. The maximum atomic E-state index is 12.6. The SMILES string of the molecule is CN(Cc1nccn1Cc1ccccc1)C(=O)CN1CCCCCC1=O. The van der Waals surface area contributed by atoms with E-state index in [1.54, 1.807) is 23.0 Å². The molecule has 0 unspecified atom stereocenters. The summed E-state index contributed by atoms with van der Waals surface area (Å²) in [6, 6.07) is 10.2. The summed E-state index contributed by atoms with van der Waals surface area (Å²) in [6.45, 7) is 2.00. The molecule has 3 rings (SSSR count). The van der Waals surface area contributed by atoms with Gasteiger partial charge in [0, 0.05) is 39.0 Å². The van der Waals surface area contributed by atoms with Gasteiger partial charge >= 0.3 is 0 Å². The summed E-state index contributed by atoms with van der Waals surface area (Å²) in [5.74, 6) is 0.885. The molecule has 1 aromatic heterocycles. The Morgan fingerprint density at radius 1 is 1.19 bits per heavy atom. The van der Waals surface area contributed by atoms with E-state index >= 15 is 0 Å². The summed E-state index contributed by atoms with van der Waals surface area (Å²) in [6.07, 6.45) is 7.20. The highest BCUT2D eigenvalue weighted by Crippen LogP contribution is 2.12. The molecule has 6 nitrogen and oxygen atoms in total. The maximum Gasteiger partial charge on any atom is 0.242 e. The monoisotopic (exact) mass is 354 g/mol. The van der Waals surface area contributed by atoms with Crippen LogP contribution in [-0.2, 0) is 22.7 Å². The van der Waals surface area contributed by atoms with Crippen molar-refractivity contribution in [3.63, 3.8) is 0 Å². The van der Waals surface area contributed by atoms with Gasteiger partial charge in [-0.1, -0.05) is 36.8 Å². The number of aromatic nitrogens is 2. The van der Waals surface area contributed by atoms with Gasteiger partial charge in [0.2, 0.25) is 11.8 Å². The van der Waals surface area contributed by atoms with Crippen LogP contribution in [0.15, 0.2) is 42.7 Å². The third kappa shape index (κ3) is 4.71. The van der Waals surface area contributed by atoms with Crippen molar-refractivity contribution in [2.24, 2.45) is 0 Å². The number of likely N-dealkylation sites (N-methyl/N-ethyl adjacent to an activating group) is 1. The molecule has 1 saturated heterocycles. The normalized spacial score (nSPS) is 15.0. The minimum absolute atomic E-state index is 0.0467. The number of nitrogens with zero attached hydrogens (tertiary/aromatic N) is 4. The lowest BCUT2D eigenvalue weighted by molar-refractivity contribution is -0.139. The first kappa shape index (κ1) is 18.2. The van der Waals surface area contributed by atoms with E-state index in [9.17, 15) is 9.59 Å². The Hall–Kier alpha value is -2.63. The fourth-order valence-corrected chi connectivity index (χ4v) is 3.21. The number of hydrogen-bond acceptors (Lipinski definition) is 3. The summed E-state index contributed by atoms with van der Waals surface area (Å²) in [5.41, 5.74) is 1.19. The Morgan fingerprint density at radius 3 is 2.81 bits per heavy atom. The van der Waals surface area contributed by atoms with Crippen LogP contribution in [0.3, 0.4) is 0 Å². The van der Waals surface area contributed by atoms with E-state index in [0.717, 1.165) is 31.6 Å². The molecular weight excluding hydrogens is 328 g/mol. The molecule has 1 aromatic carbocycles. The Bertz CT molecular complexity index is 741. The standard InChI is InChI=1S/C20H26N4O2/c1-22(20(26)16-24-12-7-3-6-10-19(24)25)15-18-21-11-13-23(18)14-17-8-4-2-5-9-17/h2,4-5,8-9,11,13H,3,6-7,10,12,14-16H2,1H3. The summed E-state index contributed by atoms with van der Waals surface area (Å²) in [7, 11) is 1.77.